The highest BCUT2D eigenvalue weighted by Crippen LogP contribution is 1.93. The zero-order chi connectivity index (χ0) is 7.44. The van der Waals surface area contributed by atoms with E-state index < -0.39 is 0 Å². The minimum atomic E-state index is 0.128. The van der Waals surface area contributed by atoms with E-state index in [2.05, 4.69) is 0 Å². The van der Waals surface area contributed by atoms with Gasteiger partial charge in [-0.2, -0.15) is 0 Å². The van der Waals surface area contributed by atoms with Crippen LogP contribution >= 0.6 is 0 Å². The van der Waals surface area contributed by atoms with Crippen LogP contribution in [0.4, 0.5) is 0 Å². The molecule has 0 aromatic rings. The van der Waals surface area contributed by atoms with Crippen molar-refractivity contribution in [3.63, 3.8) is 0 Å². The lowest BCUT2D eigenvalue weighted by Crippen LogP contribution is -2.04. The smallest absolute Gasteiger partial charge is 0.156 e. The Bertz CT molecular complexity index is 136. The second kappa shape index (κ2) is 3.28. The number of allylic oxidation sites excluding steroid dienone is 1. The maximum atomic E-state index is 10.6. The predicted octanol–water partition coefficient (Wildman–Crippen LogP) is 1.04. The van der Waals surface area contributed by atoms with Gasteiger partial charge in [-0.3, -0.25) is 4.79 Å². The number of nitrogens with zero attached hydrogens (tertiary/aromatic N) is 1. The van der Waals surface area contributed by atoms with Crippen molar-refractivity contribution < 1.29 is 4.79 Å². The Morgan fingerprint density at radius 3 is 1.89 bits per heavy atom. The molecule has 0 saturated heterocycles. The third kappa shape index (κ3) is 3.76. The summed E-state index contributed by atoms with van der Waals surface area (Å²) in [5.41, 5.74) is 0.792. The fourth-order valence-electron chi connectivity index (χ4n) is 0.478. The Morgan fingerprint density at radius 1 is 1.33 bits per heavy atom. The van der Waals surface area contributed by atoms with E-state index in [1.807, 2.05) is 32.1 Å². The summed E-state index contributed by atoms with van der Waals surface area (Å²) in [6, 6.07) is 0. The van der Waals surface area contributed by atoms with Crippen LogP contribution in [0.2, 0.25) is 0 Å². The molecule has 9 heavy (non-hydrogen) atoms. The van der Waals surface area contributed by atoms with E-state index in [4.69, 9.17) is 0 Å². The summed E-state index contributed by atoms with van der Waals surface area (Å²) >= 11 is 0. The van der Waals surface area contributed by atoms with Gasteiger partial charge in [0.15, 0.2) is 5.78 Å². The van der Waals surface area contributed by atoms with Crippen LogP contribution in [0.25, 0.3) is 0 Å². The Balaban J connectivity index is 4.00. The van der Waals surface area contributed by atoms with E-state index in [1.54, 1.807) is 6.92 Å². The van der Waals surface area contributed by atoms with Gasteiger partial charge in [0.1, 0.15) is 0 Å². The number of hydrogen-bond donors (Lipinski definition) is 0. The zero-order valence-electron chi connectivity index (χ0n) is 6.43. The maximum absolute atomic E-state index is 10.6. The van der Waals surface area contributed by atoms with E-state index in [-0.39, 0.29) is 5.78 Å². The van der Waals surface area contributed by atoms with Crippen molar-refractivity contribution in [1.29, 1.82) is 0 Å². The predicted molar refractivity (Wildman–Crippen MR) is 38.1 cm³/mol. The van der Waals surface area contributed by atoms with Crippen molar-refractivity contribution in [3.05, 3.63) is 11.8 Å². The summed E-state index contributed by atoms with van der Waals surface area (Å²) in [4.78, 5) is 12.4. The molecule has 0 radical (unpaired) electrons. The number of ketones is 1. The van der Waals surface area contributed by atoms with Crippen molar-refractivity contribution in [2.75, 3.05) is 14.1 Å². The molecular formula is C7H13NO. The zero-order valence-corrected chi connectivity index (χ0v) is 6.43. The monoisotopic (exact) mass is 127 g/mol. The normalized spacial score (nSPS) is 11.3. The van der Waals surface area contributed by atoms with Gasteiger partial charge >= 0.3 is 0 Å². The molecule has 0 rings (SSSR count). The first kappa shape index (κ1) is 8.21. The van der Waals surface area contributed by atoms with Gasteiger partial charge in [-0.05, 0) is 13.8 Å². The molecule has 0 spiro atoms. The molecular weight excluding hydrogens is 114 g/mol. The molecule has 0 atom stereocenters. The summed E-state index contributed by atoms with van der Waals surface area (Å²) in [5, 5.41) is 0. The van der Waals surface area contributed by atoms with Crippen LogP contribution in [-0.4, -0.2) is 24.8 Å². The fraction of sp³-hybridized carbons (Fsp3) is 0.571. The average Bonchev–Trinajstić information content (AvgIpc) is 1.63. The molecule has 0 amide bonds. The van der Waals surface area contributed by atoms with Gasteiger partial charge in [0.25, 0.3) is 0 Å². The molecule has 0 heterocycles. The summed E-state index contributed by atoms with van der Waals surface area (Å²) in [5.74, 6) is 0.128. The number of Topliss-reactive ketones (excluding diaryl/α,β-unsaturated/α-hetero) is 1. The van der Waals surface area contributed by atoms with Gasteiger partial charge in [0.2, 0.25) is 0 Å². The largest absolute Gasteiger partial charge is 0.383 e. The van der Waals surface area contributed by atoms with Gasteiger partial charge < -0.3 is 4.90 Å². The standard InChI is InChI=1S/C7H13NO/c1-6(7(2)9)5-8(3)4/h5H,1-4H3. The Kier molecular flexibility index (Phi) is 2.99. The van der Waals surface area contributed by atoms with E-state index in [1.165, 1.54) is 0 Å². The number of carbonyl (C=O) groups excluding carboxylic acids is 1. The highest BCUT2D eigenvalue weighted by atomic mass is 16.1. The molecule has 0 aliphatic heterocycles. The van der Waals surface area contributed by atoms with Crippen LogP contribution in [0.5, 0.6) is 0 Å². The van der Waals surface area contributed by atoms with E-state index in [0.29, 0.717) is 0 Å². The van der Waals surface area contributed by atoms with Gasteiger partial charge in [0, 0.05) is 25.9 Å². The molecule has 0 saturated carbocycles. The lowest BCUT2D eigenvalue weighted by molar-refractivity contribution is -0.113. The van der Waals surface area contributed by atoms with Crippen LogP contribution in [0, 0.1) is 0 Å². The van der Waals surface area contributed by atoms with Crippen molar-refractivity contribution in [1.82, 2.24) is 4.90 Å². The van der Waals surface area contributed by atoms with Crippen molar-refractivity contribution in [2.24, 2.45) is 0 Å². The van der Waals surface area contributed by atoms with Crippen LogP contribution in [0.15, 0.2) is 11.8 Å². The molecule has 0 N–H and O–H groups in total. The lowest BCUT2D eigenvalue weighted by Gasteiger charge is -2.04. The molecule has 0 unspecified atom stereocenters. The molecule has 0 fully saturated rings. The number of carbonyl (C=O) groups is 1. The van der Waals surface area contributed by atoms with Crippen molar-refractivity contribution >= 4 is 5.78 Å². The Morgan fingerprint density at radius 2 is 1.78 bits per heavy atom. The second-order valence-electron chi connectivity index (χ2n) is 2.33. The summed E-state index contributed by atoms with van der Waals surface area (Å²) in [6.07, 6.45) is 1.81. The third-order valence-electron chi connectivity index (χ3n) is 1.01. The first-order valence-corrected chi connectivity index (χ1v) is 2.90. The number of hydrogen-bond acceptors (Lipinski definition) is 2. The average molecular weight is 127 g/mol. The van der Waals surface area contributed by atoms with Gasteiger partial charge in [0.05, 0.1) is 0 Å². The Labute approximate surface area is 56.2 Å². The summed E-state index contributed by atoms with van der Waals surface area (Å²) in [7, 11) is 3.79. The van der Waals surface area contributed by atoms with Gasteiger partial charge in [-0.15, -0.1) is 0 Å². The van der Waals surface area contributed by atoms with Crippen molar-refractivity contribution in [3.8, 4) is 0 Å². The molecule has 52 valence electrons. The molecule has 0 bridgehead atoms. The lowest BCUT2D eigenvalue weighted by atomic mass is 10.2. The second-order valence-corrected chi connectivity index (χ2v) is 2.33. The van der Waals surface area contributed by atoms with E-state index >= 15 is 0 Å². The van der Waals surface area contributed by atoms with Crippen molar-refractivity contribution in [2.45, 2.75) is 13.8 Å². The fourth-order valence-corrected chi connectivity index (χ4v) is 0.478. The first-order chi connectivity index (χ1) is 4.04. The quantitative estimate of drug-likeness (QED) is 0.516. The van der Waals surface area contributed by atoms with Crippen LogP contribution in [-0.2, 0) is 4.79 Å². The minimum absolute atomic E-state index is 0.128. The Hall–Kier alpha value is -0.790. The number of rotatable bonds is 2. The molecule has 0 aromatic heterocycles. The topological polar surface area (TPSA) is 20.3 Å². The first-order valence-electron chi connectivity index (χ1n) is 2.90. The van der Waals surface area contributed by atoms with Gasteiger partial charge in [-0.25, -0.2) is 0 Å². The van der Waals surface area contributed by atoms with E-state index in [9.17, 15) is 4.79 Å². The minimum Gasteiger partial charge on any atom is -0.383 e. The molecule has 0 aromatic carbocycles. The van der Waals surface area contributed by atoms with Crippen LogP contribution < -0.4 is 0 Å². The van der Waals surface area contributed by atoms with Gasteiger partial charge in [-0.1, -0.05) is 0 Å². The SMILES string of the molecule is CC(=O)C(C)=CN(C)C. The molecule has 0 aliphatic carbocycles. The van der Waals surface area contributed by atoms with E-state index in [0.717, 1.165) is 5.57 Å². The highest BCUT2D eigenvalue weighted by Gasteiger charge is 1.93. The maximum Gasteiger partial charge on any atom is 0.156 e. The molecule has 0 aliphatic rings. The van der Waals surface area contributed by atoms with Crippen LogP contribution in [0.3, 0.4) is 0 Å². The summed E-state index contributed by atoms with van der Waals surface area (Å²) < 4.78 is 0. The van der Waals surface area contributed by atoms with Crippen LogP contribution in [0.1, 0.15) is 13.8 Å². The highest BCUT2D eigenvalue weighted by molar-refractivity contribution is 5.92. The molecule has 2 heteroatoms. The summed E-state index contributed by atoms with van der Waals surface area (Å²) in [6.45, 7) is 3.37. The third-order valence-corrected chi connectivity index (χ3v) is 1.01. The molecule has 2 nitrogen and oxygen atoms in total.